The topological polar surface area (TPSA) is 21.3 Å². The zero-order valence-electron chi connectivity index (χ0n) is 11.2. The second-order valence-corrected chi connectivity index (χ2v) is 4.76. The van der Waals surface area contributed by atoms with Crippen LogP contribution in [0.1, 0.15) is 18.9 Å². The van der Waals surface area contributed by atoms with E-state index >= 15 is 0 Å². The van der Waals surface area contributed by atoms with Crippen LogP contribution in [0.5, 0.6) is 0 Å². The van der Waals surface area contributed by atoms with E-state index in [2.05, 4.69) is 24.4 Å². The highest BCUT2D eigenvalue weighted by molar-refractivity contribution is 6.31. The average Bonchev–Trinajstić information content (AvgIpc) is 2.36. The Morgan fingerprint density at radius 1 is 1.33 bits per heavy atom. The molecule has 0 radical (unpaired) electrons. The van der Waals surface area contributed by atoms with Gasteiger partial charge in [0.2, 0.25) is 0 Å². The van der Waals surface area contributed by atoms with Gasteiger partial charge in [0.15, 0.2) is 0 Å². The van der Waals surface area contributed by atoms with E-state index in [1.807, 2.05) is 18.2 Å². The van der Waals surface area contributed by atoms with Crippen LogP contribution in [-0.2, 0) is 11.2 Å². The van der Waals surface area contributed by atoms with Gasteiger partial charge in [-0.1, -0.05) is 41.4 Å². The SMILES string of the molecule is COCCNCCC=C(C)Cc1ccccc1Cl. The molecule has 0 bridgehead atoms. The van der Waals surface area contributed by atoms with Gasteiger partial charge in [-0.3, -0.25) is 0 Å². The van der Waals surface area contributed by atoms with Crippen LogP contribution in [0.4, 0.5) is 0 Å². The molecule has 0 aliphatic carbocycles. The Morgan fingerprint density at radius 2 is 2.11 bits per heavy atom. The summed E-state index contributed by atoms with van der Waals surface area (Å²) in [6.45, 7) is 4.82. The third-order valence-electron chi connectivity index (χ3n) is 2.72. The first kappa shape index (κ1) is 15.2. The predicted molar refractivity (Wildman–Crippen MR) is 78.3 cm³/mol. The van der Waals surface area contributed by atoms with E-state index < -0.39 is 0 Å². The number of hydrogen-bond acceptors (Lipinski definition) is 2. The quantitative estimate of drug-likeness (QED) is 0.575. The number of hydrogen-bond donors (Lipinski definition) is 1. The maximum Gasteiger partial charge on any atom is 0.0587 e. The molecule has 100 valence electrons. The van der Waals surface area contributed by atoms with E-state index in [1.54, 1.807) is 7.11 Å². The number of allylic oxidation sites excluding steroid dienone is 1. The van der Waals surface area contributed by atoms with Crippen LogP contribution in [0.15, 0.2) is 35.9 Å². The minimum absolute atomic E-state index is 0.766. The lowest BCUT2D eigenvalue weighted by Gasteiger charge is -2.05. The van der Waals surface area contributed by atoms with E-state index in [0.29, 0.717) is 0 Å². The zero-order chi connectivity index (χ0) is 13.2. The van der Waals surface area contributed by atoms with E-state index in [9.17, 15) is 0 Å². The Balaban J connectivity index is 2.28. The summed E-state index contributed by atoms with van der Waals surface area (Å²) >= 11 is 6.13. The molecule has 0 unspecified atom stereocenters. The molecule has 0 aliphatic heterocycles. The molecule has 0 fully saturated rings. The van der Waals surface area contributed by atoms with Gasteiger partial charge in [0.1, 0.15) is 0 Å². The first-order valence-electron chi connectivity index (χ1n) is 6.32. The molecule has 18 heavy (non-hydrogen) atoms. The number of ether oxygens (including phenoxy) is 1. The lowest BCUT2D eigenvalue weighted by Crippen LogP contribution is -2.19. The van der Waals surface area contributed by atoms with Gasteiger partial charge in [0.05, 0.1) is 6.61 Å². The maximum absolute atomic E-state index is 6.13. The molecule has 3 heteroatoms. The van der Waals surface area contributed by atoms with Gasteiger partial charge in [-0.25, -0.2) is 0 Å². The third-order valence-corrected chi connectivity index (χ3v) is 3.09. The third kappa shape index (κ3) is 6.20. The monoisotopic (exact) mass is 267 g/mol. The van der Waals surface area contributed by atoms with Crippen LogP contribution in [0.25, 0.3) is 0 Å². The van der Waals surface area contributed by atoms with Crippen molar-refractivity contribution in [2.75, 3.05) is 26.8 Å². The Labute approximate surface area is 115 Å². The van der Waals surface area contributed by atoms with E-state index in [-0.39, 0.29) is 0 Å². The van der Waals surface area contributed by atoms with Gasteiger partial charge >= 0.3 is 0 Å². The second kappa shape index (κ2) is 9.15. The van der Waals surface area contributed by atoms with Crippen molar-refractivity contribution < 1.29 is 4.74 Å². The van der Waals surface area contributed by atoms with E-state index in [0.717, 1.165) is 37.6 Å². The van der Waals surface area contributed by atoms with E-state index in [4.69, 9.17) is 16.3 Å². The summed E-state index contributed by atoms with van der Waals surface area (Å²) in [7, 11) is 1.72. The second-order valence-electron chi connectivity index (χ2n) is 4.35. The van der Waals surface area contributed by atoms with Crippen LogP contribution in [0.3, 0.4) is 0 Å². The van der Waals surface area contributed by atoms with Crippen LogP contribution < -0.4 is 5.32 Å². The van der Waals surface area contributed by atoms with Crippen LogP contribution in [0.2, 0.25) is 5.02 Å². The number of methoxy groups -OCH3 is 1. The molecule has 0 saturated heterocycles. The molecule has 1 aromatic carbocycles. The van der Waals surface area contributed by atoms with Crippen molar-refractivity contribution in [1.29, 1.82) is 0 Å². The molecule has 0 heterocycles. The first-order chi connectivity index (χ1) is 8.74. The summed E-state index contributed by atoms with van der Waals surface area (Å²) in [6.07, 6.45) is 4.24. The molecular formula is C15H22ClNO. The first-order valence-corrected chi connectivity index (χ1v) is 6.70. The molecule has 0 aliphatic rings. The Morgan fingerprint density at radius 3 is 2.83 bits per heavy atom. The van der Waals surface area contributed by atoms with Crippen molar-refractivity contribution >= 4 is 11.6 Å². The summed E-state index contributed by atoms with van der Waals surface area (Å²) in [4.78, 5) is 0. The van der Waals surface area contributed by atoms with Crippen molar-refractivity contribution in [3.8, 4) is 0 Å². The molecule has 1 aromatic rings. The maximum atomic E-state index is 6.13. The number of nitrogens with one attached hydrogen (secondary N) is 1. The number of rotatable bonds is 8. The Bertz CT molecular complexity index is 377. The van der Waals surface area contributed by atoms with Crippen LogP contribution >= 0.6 is 11.6 Å². The number of halogens is 1. The molecule has 0 amide bonds. The van der Waals surface area contributed by atoms with Crippen molar-refractivity contribution in [2.24, 2.45) is 0 Å². The smallest absolute Gasteiger partial charge is 0.0587 e. The van der Waals surface area contributed by atoms with Gasteiger partial charge in [-0.15, -0.1) is 0 Å². The molecule has 1 rings (SSSR count). The summed E-state index contributed by atoms with van der Waals surface area (Å²) in [6, 6.07) is 8.01. The Kier molecular flexibility index (Phi) is 7.74. The lowest BCUT2D eigenvalue weighted by atomic mass is 10.1. The fourth-order valence-corrected chi connectivity index (χ4v) is 1.94. The Hall–Kier alpha value is -0.830. The van der Waals surface area contributed by atoms with Crippen LogP contribution in [-0.4, -0.2) is 26.8 Å². The van der Waals surface area contributed by atoms with Crippen LogP contribution in [0, 0.1) is 0 Å². The molecule has 0 spiro atoms. The van der Waals surface area contributed by atoms with Crippen molar-refractivity contribution in [3.63, 3.8) is 0 Å². The largest absolute Gasteiger partial charge is 0.383 e. The normalized spacial score (nSPS) is 11.8. The summed E-state index contributed by atoms with van der Waals surface area (Å²) in [5.74, 6) is 0. The van der Waals surface area contributed by atoms with Crippen molar-refractivity contribution in [2.45, 2.75) is 19.8 Å². The molecule has 2 nitrogen and oxygen atoms in total. The summed E-state index contributed by atoms with van der Waals surface area (Å²) < 4.78 is 4.97. The molecular weight excluding hydrogens is 246 g/mol. The summed E-state index contributed by atoms with van der Waals surface area (Å²) in [5.41, 5.74) is 2.55. The molecule has 0 atom stereocenters. The van der Waals surface area contributed by atoms with Gasteiger partial charge in [-0.2, -0.15) is 0 Å². The lowest BCUT2D eigenvalue weighted by molar-refractivity contribution is 0.199. The van der Waals surface area contributed by atoms with Crippen molar-refractivity contribution in [1.82, 2.24) is 5.32 Å². The minimum atomic E-state index is 0.766. The van der Waals surface area contributed by atoms with Gasteiger partial charge in [-0.05, 0) is 37.9 Å². The standard InChI is InChI=1S/C15H22ClNO/c1-13(6-5-9-17-10-11-18-2)12-14-7-3-4-8-15(14)16/h3-4,6-8,17H,5,9-12H2,1-2H3. The fourth-order valence-electron chi connectivity index (χ4n) is 1.73. The zero-order valence-corrected chi connectivity index (χ0v) is 12.0. The molecule has 0 aromatic heterocycles. The predicted octanol–water partition coefficient (Wildman–Crippen LogP) is 3.45. The van der Waals surface area contributed by atoms with Crippen molar-refractivity contribution in [3.05, 3.63) is 46.5 Å². The summed E-state index contributed by atoms with van der Waals surface area (Å²) in [5, 5.41) is 4.17. The number of benzene rings is 1. The van der Waals surface area contributed by atoms with Gasteiger partial charge in [0, 0.05) is 18.7 Å². The highest BCUT2D eigenvalue weighted by Crippen LogP contribution is 2.18. The van der Waals surface area contributed by atoms with Gasteiger partial charge in [0.25, 0.3) is 0 Å². The highest BCUT2D eigenvalue weighted by Gasteiger charge is 1.99. The fraction of sp³-hybridized carbons (Fsp3) is 0.467. The average molecular weight is 268 g/mol. The molecule has 0 saturated carbocycles. The molecule has 1 N–H and O–H groups in total. The highest BCUT2D eigenvalue weighted by atomic mass is 35.5. The van der Waals surface area contributed by atoms with Gasteiger partial charge < -0.3 is 10.1 Å². The van der Waals surface area contributed by atoms with E-state index in [1.165, 1.54) is 11.1 Å². The minimum Gasteiger partial charge on any atom is -0.383 e.